The van der Waals surface area contributed by atoms with Crippen molar-refractivity contribution in [2.75, 3.05) is 13.2 Å². The lowest BCUT2D eigenvalue weighted by Gasteiger charge is -2.47. The molecule has 0 aromatic heterocycles. The lowest BCUT2D eigenvalue weighted by molar-refractivity contribution is -0.274. The van der Waals surface area contributed by atoms with Gasteiger partial charge in [-0.25, -0.2) is 9.18 Å². The van der Waals surface area contributed by atoms with E-state index in [1.807, 2.05) is 30.3 Å². The van der Waals surface area contributed by atoms with Gasteiger partial charge in [-0.05, 0) is 30.5 Å². The number of morpholine rings is 1. The molecular weight excluding hydrogens is 446 g/mol. The molecule has 0 radical (unpaired) electrons. The highest BCUT2D eigenvalue weighted by Gasteiger charge is 2.45. The number of ketones is 1. The minimum Gasteiger partial charge on any atom is -0.445 e. The Morgan fingerprint density at radius 1 is 1.03 bits per heavy atom. The van der Waals surface area contributed by atoms with Gasteiger partial charge in [0.05, 0.1) is 30.9 Å². The molecule has 2 aliphatic rings. The highest BCUT2D eigenvalue weighted by Crippen LogP contribution is 2.35. The lowest BCUT2D eigenvalue weighted by atomic mass is 9.80. The molecule has 10 heteroatoms. The molecule has 2 fully saturated rings. The van der Waals surface area contributed by atoms with E-state index in [1.54, 1.807) is 4.90 Å². The summed E-state index contributed by atoms with van der Waals surface area (Å²) in [6, 6.07) is 10.8. The van der Waals surface area contributed by atoms with Crippen molar-refractivity contribution in [2.24, 2.45) is 5.92 Å². The van der Waals surface area contributed by atoms with Crippen molar-refractivity contribution in [3.05, 3.63) is 65.5 Å². The number of benzene rings is 2. The number of halogens is 4. The van der Waals surface area contributed by atoms with Gasteiger partial charge in [0.25, 0.3) is 0 Å². The van der Waals surface area contributed by atoms with Crippen LogP contribution in [0.3, 0.4) is 0 Å². The van der Waals surface area contributed by atoms with E-state index < -0.39 is 47.8 Å². The van der Waals surface area contributed by atoms with Gasteiger partial charge in [-0.1, -0.05) is 30.3 Å². The molecule has 1 amide bonds. The Hall–Kier alpha value is -3.14. The van der Waals surface area contributed by atoms with Crippen molar-refractivity contribution in [1.29, 1.82) is 0 Å². The molecule has 2 aliphatic heterocycles. The molecule has 176 valence electrons. The SMILES string of the molecule is O=C(c1ccc(OC(F)(F)F)cc1F)C1CC2COCC(C1)N2C(=O)OCc1ccccc1. The Labute approximate surface area is 187 Å². The monoisotopic (exact) mass is 467 g/mol. The van der Waals surface area contributed by atoms with Crippen molar-refractivity contribution >= 4 is 11.9 Å². The zero-order valence-electron chi connectivity index (χ0n) is 17.4. The van der Waals surface area contributed by atoms with Crippen LogP contribution >= 0.6 is 0 Å². The zero-order chi connectivity index (χ0) is 23.6. The third-order valence-corrected chi connectivity index (χ3v) is 5.75. The van der Waals surface area contributed by atoms with Crippen LogP contribution in [0.4, 0.5) is 22.4 Å². The van der Waals surface area contributed by atoms with Gasteiger partial charge >= 0.3 is 12.5 Å². The molecule has 2 unspecified atom stereocenters. The number of amides is 1. The molecule has 2 bridgehead atoms. The number of nitrogens with zero attached hydrogens (tertiary/aromatic N) is 1. The van der Waals surface area contributed by atoms with Crippen LogP contribution in [0, 0.1) is 11.7 Å². The van der Waals surface area contributed by atoms with Gasteiger partial charge in [0.15, 0.2) is 5.78 Å². The largest absolute Gasteiger partial charge is 0.573 e. The van der Waals surface area contributed by atoms with Crippen molar-refractivity contribution < 1.29 is 41.4 Å². The first-order valence-corrected chi connectivity index (χ1v) is 10.4. The fraction of sp³-hybridized carbons (Fsp3) is 0.391. The molecule has 4 rings (SSSR count). The van der Waals surface area contributed by atoms with Crippen LogP contribution in [-0.4, -0.2) is 48.4 Å². The Kier molecular flexibility index (Phi) is 6.55. The van der Waals surface area contributed by atoms with E-state index >= 15 is 0 Å². The summed E-state index contributed by atoms with van der Waals surface area (Å²) in [5, 5.41) is 0. The summed E-state index contributed by atoms with van der Waals surface area (Å²) in [6.45, 7) is 0.527. The van der Waals surface area contributed by atoms with Gasteiger partial charge in [0.1, 0.15) is 18.2 Å². The molecule has 2 saturated heterocycles. The topological polar surface area (TPSA) is 65.1 Å². The molecule has 0 saturated carbocycles. The van der Waals surface area contributed by atoms with Crippen LogP contribution in [0.25, 0.3) is 0 Å². The van der Waals surface area contributed by atoms with Gasteiger partial charge < -0.3 is 14.2 Å². The average molecular weight is 467 g/mol. The van der Waals surface area contributed by atoms with Gasteiger partial charge in [-0.3, -0.25) is 9.69 Å². The predicted molar refractivity (Wildman–Crippen MR) is 107 cm³/mol. The molecule has 0 aliphatic carbocycles. The quantitative estimate of drug-likeness (QED) is 0.470. The molecule has 2 atom stereocenters. The van der Waals surface area contributed by atoms with Crippen LogP contribution in [-0.2, 0) is 16.1 Å². The van der Waals surface area contributed by atoms with Crippen LogP contribution in [0.2, 0.25) is 0 Å². The van der Waals surface area contributed by atoms with Crippen LogP contribution in [0.1, 0.15) is 28.8 Å². The van der Waals surface area contributed by atoms with Gasteiger partial charge in [0.2, 0.25) is 0 Å². The number of ether oxygens (including phenoxy) is 3. The van der Waals surface area contributed by atoms with Gasteiger partial charge in [0, 0.05) is 12.0 Å². The Morgan fingerprint density at radius 2 is 1.70 bits per heavy atom. The third kappa shape index (κ3) is 5.44. The highest BCUT2D eigenvalue weighted by molar-refractivity contribution is 5.98. The van der Waals surface area contributed by atoms with Gasteiger partial charge in [-0.15, -0.1) is 13.2 Å². The summed E-state index contributed by atoms with van der Waals surface area (Å²) in [7, 11) is 0. The fourth-order valence-electron chi connectivity index (χ4n) is 4.33. The number of carbonyl (C=O) groups excluding carboxylic acids is 2. The van der Waals surface area contributed by atoms with E-state index in [0.717, 1.165) is 17.7 Å². The van der Waals surface area contributed by atoms with Crippen molar-refractivity contribution in [2.45, 2.75) is 37.9 Å². The second kappa shape index (κ2) is 9.38. The number of alkyl halides is 3. The molecule has 2 aromatic carbocycles. The summed E-state index contributed by atoms with van der Waals surface area (Å²) in [6.07, 6.45) is -5.01. The number of hydrogen-bond donors (Lipinski definition) is 0. The predicted octanol–water partition coefficient (Wildman–Crippen LogP) is 4.72. The average Bonchev–Trinajstić information content (AvgIpc) is 2.76. The highest BCUT2D eigenvalue weighted by atomic mass is 19.4. The second-order valence-corrected chi connectivity index (χ2v) is 8.01. The molecule has 2 heterocycles. The lowest BCUT2D eigenvalue weighted by Crippen LogP contribution is -2.60. The summed E-state index contributed by atoms with van der Waals surface area (Å²) >= 11 is 0. The van der Waals surface area contributed by atoms with Crippen LogP contribution < -0.4 is 4.74 Å². The molecule has 0 N–H and O–H groups in total. The number of carbonyl (C=O) groups is 2. The second-order valence-electron chi connectivity index (χ2n) is 8.01. The maximum absolute atomic E-state index is 14.4. The van der Waals surface area contributed by atoms with E-state index in [-0.39, 0.29) is 38.2 Å². The maximum atomic E-state index is 14.4. The fourth-order valence-corrected chi connectivity index (χ4v) is 4.33. The van der Waals surface area contributed by atoms with Crippen molar-refractivity contribution in [1.82, 2.24) is 4.90 Å². The van der Waals surface area contributed by atoms with Crippen molar-refractivity contribution in [3.63, 3.8) is 0 Å². The summed E-state index contributed by atoms with van der Waals surface area (Å²) in [4.78, 5) is 27.3. The molecular formula is C23H21F4NO5. The number of hydrogen-bond acceptors (Lipinski definition) is 5. The Bertz CT molecular complexity index is 1000. The number of rotatable bonds is 5. The number of Topliss-reactive ketones (excluding diaryl/α,β-unsaturated/α-hetero) is 1. The standard InChI is InChI=1S/C23H21F4NO5/c24-20-10-18(33-23(25,26)27)6-7-19(20)21(29)15-8-16-12-31-13-17(9-15)28(16)22(30)32-11-14-4-2-1-3-5-14/h1-7,10,15-17H,8-9,11-13H2. The zero-order valence-corrected chi connectivity index (χ0v) is 17.4. The molecule has 2 aromatic rings. The smallest absolute Gasteiger partial charge is 0.445 e. The molecule has 33 heavy (non-hydrogen) atoms. The van der Waals surface area contributed by atoms with E-state index in [4.69, 9.17) is 9.47 Å². The minimum absolute atomic E-state index is 0.108. The normalized spacial score (nSPS) is 22.5. The first-order valence-electron chi connectivity index (χ1n) is 10.4. The third-order valence-electron chi connectivity index (χ3n) is 5.75. The van der Waals surface area contributed by atoms with E-state index in [9.17, 15) is 27.2 Å². The summed E-state index contributed by atoms with van der Waals surface area (Å²) in [5.41, 5.74) is 0.527. The van der Waals surface area contributed by atoms with Crippen LogP contribution in [0.5, 0.6) is 5.75 Å². The van der Waals surface area contributed by atoms with E-state index in [2.05, 4.69) is 4.74 Å². The summed E-state index contributed by atoms with van der Waals surface area (Å²) < 4.78 is 66.1. The van der Waals surface area contributed by atoms with Crippen molar-refractivity contribution in [3.8, 4) is 5.75 Å². The van der Waals surface area contributed by atoms with Crippen LogP contribution in [0.15, 0.2) is 48.5 Å². The van der Waals surface area contributed by atoms with E-state index in [1.165, 1.54) is 0 Å². The first kappa shape index (κ1) is 23.0. The van der Waals surface area contributed by atoms with E-state index in [0.29, 0.717) is 6.07 Å². The minimum atomic E-state index is -4.96. The molecule has 0 spiro atoms. The Balaban J connectivity index is 1.43. The Morgan fingerprint density at radius 3 is 2.30 bits per heavy atom. The maximum Gasteiger partial charge on any atom is 0.573 e. The molecule has 6 nitrogen and oxygen atoms in total. The number of fused-ring (bicyclic) bond motifs is 2. The first-order chi connectivity index (χ1) is 15.7. The number of piperidine rings is 1. The van der Waals surface area contributed by atoms with Gasteiger partial charge in [-0.2, -0.15) is 0 Å². The summed E-state index contributed by atoms with van der Waals surface area (Å²) in [5.74, 6) is -2.96.